The first-order chi connectivity index (χ1) is 11.7. The van der Waals surface area contributed by atoms with E-state index in [9.17, 15) is 4.79 Å². The van der Waals surface area contributed by atoms with Gasteiger partial charge in [0.15, 0.2) is 6.61 Å². The zero-order chi connectivity index (χ0) is 16.8. The van der Waals surface area contributed by atoms with Crippen LogP contribution < -0.4 is 5.73 Å². The van der Waals surface area contributed by atoms with E-state index < -0.39 is 0 Å². The second-order valence-electron chi connectivity index (χ2n) is 5.78. The molecule has 0 saturated carbocycles. The topological polar surface area (TPSA) is 67.9 Å². The molecule has 2 aromatic rings. The number of amidine groups is 1. The molecule has 0 unspecified atom stereocenters. The van der Waals surface area contributed by atoms with Gasteiger partial charge in [-0.05, 0) is 35.4 Å². The summed E-state index contributed by atoms with van der Waals surface area (Å²) >= 11 is 1.76. The monoisotopic (exact) mass is 343 g/mol. The molecule has 6 heteroatoms. The molecule has 3 rings (SSSR count). The molecule has 0 aliphatic carbocycles. The van der Waals surface area contributed by atoms with Crippen molar-refractivity contribution in [2.45, 2.75) is 25.8 Å². The van der Waals surface area contributed by atoms with Crippen molar-refractivity contribution in [3.05, 3.63) is 57.8 Å². The molecule has 1 aliphatic heterocycles. The molecule has 0 fully saturated rings. The molecule has 1 aromatic heterocycles. The van der Waals surface area contributed by atoms with Crippen molar-refractivity contribution in [2.75, 3.05) is 13.2 Å². The molecule has 0 spiro atoms. The Bertz CT molecular complexity index is 712. The summed E-state index contributed by atoms with van der Waals surface area (Å²) in [5, 5.41) is 5.93. The van der Waals surface area contributed by atoms with Crippen molar-refractivity contribution in [3.8, 4) is 0 Å². The van der Waals surface area contributed by atoms with Crippen molar-refractivity contribution in [2.24, 2.45) is 10.9 Å². The fourth-order valence-corrected chi connectivity index (χ4v) is 3.58. The van der Waals surface area contributed by atoms with E-state index in [1.54, 1.807) is 11.3 Å². The van der Waals surface area contributed by atoms with E-state index in [0.717, 1.165) is 19.4 Å². The average Bonchev–Trinajstić information content (AvgIpc) is 3.08. The molecule has 2 heterocycles. The smallest absolute Gasteiger partial charge is 0.263 e. The molecule has 0 radical (unpaired) electrons. The van der Waals surface area contributed by atoms with E-state index in [0.29, 0.717) is 18.8 Å². The molecule has 24 heavy (non-hydrogen) atoms. The molecule has 1 amide bonds. The van der Waals surface area contributed by atoms with Crippen LogP contribution in [0, 0.1) is 0 Å². The van der Waals surface area contributed by atoms with Gasteiger partial charge in [-0.1, -0.05) is 35.5 Å². The number of benzene rings is 1. The van der Waals surface area contributed by atoms with Crippen molar-refractivity contribution in [3.63, 3.8) is 0 Å². The average molecular weight is 343 g/mol. The fourth-order valence-electron chi connectivity index (χ4n) is 2.69. The number of nitrogens with zero attached hydrogens (tertiary/aromatic N) is 2. The molecule has 0 saturated heterocycles. The molecule has 126 valence electrons. The number of fused-ring (bicyclic) bond motifs is 1. The molecule has 0 bridgehead atoms. The van der Waals surface area contributed by atoms with Gasteiger partial charge in [-0.25, -0.2) is 0 Å². The zero-order valence-electron chi connectivity index (χ0n) is 13.5. The van der Waals surface area contributed by atoms with Crippen LogP contribution in [0.15, 0.2) is 46.9 Å². The number of hydrogen-bond acceptors (Lipinski definition) is 4. The van der Waals surface area contributed by atoms with Gasteiger partial charge >= 0.3 is 0 Å². The van der Waals surface area contributed by atoms with Crippen LogP contribution in [0.1, 0.15) is 22.4 Å². The van der Waals surface area contributed by atoms with Crippen LogP contribution in [-0.4, -0.2) is 29.8 Å². The van der Waals surface area contributed by atoms with E-state index in [1.165, 1.54) is 16.0 Å². The van der Waals surface area contributed by atoms with Crippen LogP contribution in [0.4, 0.5) is 0 Å². The van der Waals surface area contributed by atoms with E-state index in [1.807, 2.05) is 35.2 Å². The predicted octanol–water partition coefficient (Wildman–Crippen LogP) is 2.55. The van der Waals surface area contributed by atoms with Crippen LogP contribution in [0.25, 0.3) is 0 Å². The Morgan fingerprint density at radius 1 is 1.29 bits per heavy atom. The molecule has 1 aromatic carbocycles. The summed E-state index contributed by atoms with van der Waals surface area (Å²) in [5.74, 6) is 0.358. The number of carbonyl (C=O) groups excluding carboxylic acids is 1. The largest absolute Gasteiger partial charge is 0.384 e. The minimum atomic E-state index is -0.0640. The van der Waals surface area contributed by atoms with Crippen molar-refractivity contribution in [1.29, 1.82) is 0 Å². The Morgan fingerprint density at radius 2 is 2.12 bits per heavy atom. The number of oxime groups is 1. The van der Waals surface area contributed by atoms with Gasteiger partial charge in [0.25, 0.3) is 5.91 Å². The van der Waals surface area contributed by atoms with Gasteiger partial charge in [0, 0.05) is 24.4 Å². The number of thiophene rings is 1. The van der Waals surface area contributed by atoms with Gasteiger partial charge in [0.2, 0.25) is 0 Å². The lowest BCUT2D eigenvalue weighted by atomic mass is 10.1. The summed E-state index contributed by atoms with van der Waals surface area (Å²) in [6, 6.07) is 12.2. The van der Waals surface area contributed by atoms with Crippen LogP contribution in [0.3, 0.4) is 0 Å². The van der Waals surface area contributed by atoms with E-state index >= 15 is 0 Å². The molecular weight excluding hydrogens is 322 g/mol. The number of hydrogen-bond donors (Lipinski definition) is 1. The minimum absolute atomic E-state index is 0.0496. The third-order valence-electron chi connectivity index (χ3n) is 4.04. The van der Waals surface area contributed by atoms with Crippen molar-refractivity contribution in [1.82, 2.24) is 4.90 Å². The fraction of sp³-hybridized carbons (Fsp3) is 0.333. The van der Waals surface area contributed by atoms with Gasteiger partial charge in [-0.15, -0.1) is 11.3 Å². The Hall–Kier alpha value is -2.34. The van der Waals surface area contributed by atoms with E-state index in [-0.39, 0.29) is 12.5 Å². The van der Waals surface area contributed by atoms with Gasteiger partial charge in [0.05, 0.1) is 0 Å². The van der Waals surface area contributed by atoms with Crippen molar-refractivity contribution >= 4 is 23.1 Å². The summed E-state index contributed by atoms with van der Waals surface area (Å²) in [6.45, 7) is 1.34. The second-order valence-corrected chi connectivity index (χ2v) is 6.78. The molecular formula is C18H21N3O2S. The second kappa shape index (κ2) is 7.97. The third-order valence-corrected chi connectivity index (χ3v) is 5.07. The normalized spacial score (nSPS) is 14.3. The molecule has 2 N–H and O–H groups in total. The summed E-state index contributed by atoms with van der Waals surface area (Å²) in [5.41, 5.74) is 8.28. The highest BCUT2D eigenvalue weighted by molar-refractivity contribution is 7.10. The maximum Gasteiger partial charge on any atom is 0.263 e. The van der Waals surface area contributed by atoms with Crippen LogP contribution in [0.5, 0.6) is 0 Å². The van der Waals surface area contributed by atoms with E-state index in [2.05, 4.69) is 16.6 Å². The summed E-state index contributed by atoms with van der Waals surface area (Å²) in [6.07, 6.45) is 2.34. The Kier molecular flexibility index (Phi) is 5.48. The minimum Gasteiger partial charge on any atom is -0.384 e. The predicted molar refractivity (Wildman–Crippen MR) is 95.8 cm³/mol. The maximum atomic E-state index is 12.2. The Morgan fingerprint density at radius 3 is 2.96 bits per heavy atom. The summed E-state index contributed by atoms with van der Waals surface area (Å²) in [7, 11) is 0. The van der Waals surface area contributed by atoms with Crippen LogP contribution in [-0.2, 0) is 29.0 Å². The third kappa shape index (κ3) is 4.35. The Balaban J connectivity index is 1.41. The zero-order valence-corrected chi connectivity index (χ0v) is 14.3. The highest BCUT2D eigenvalue weighted by atomic mass is 32.1. The maximum absolute atomic E-state index is 12.2. The van der Waals surface area contributed by atoms with Crippen LogP contribution in [0.2, 0.25) is 0 Å². The first-order valence-corrected chi connectivity index (χ1v) is 8.91. The van der Waals surface area contributed by atoms with Crippen LogP contribution >= 0.6 is 11.3 Å². The number of nitrogens with two attached hydrogens (primary N) is 1. The lowest BCUT2D eigenvalue weighted by molar-refractivity contribution is -0.137. The molecule has 5 nitrogen and oxygen atoms in total. The summed E-state index contributed by atoms with van der Waals surface area (Å²) in [4.78, 5) is 20.5. The highest BCUT2D eigenvalue weighted by Gasteiger charge is 2.21. The van der Waals surface area contributed by atoms with Crippen molar-refractivity contribution < 1.29 is 9.63 Å². The Labute approximate surface area is 145 Å². The van der Waals surface area contributed by atoms with E-state index in [4.69, 9.17) is 10.6 Å². The first-order valence-electron chi connectivity index (χ1n) is 8.03. The highest BCUT2D eigenvalue weighted by Crippen LogP contribution is 2.23. The van der Waals surface area contributed by atoms with Gasteiger partial charge < -0.3 is 15.5 Å². The van der Waals surface area contributed by atoms with Gasteiger partial charge in [-0.3, -0.25) is 4.79 Å². The quantitative estimate of drug-likeness (QED) is 0.498. The lowest BCUT2D eigenvalue weighted by Crippen LogP contribution is -2.37. The van der Waals surface area contributed by atoms with Gasteiger partial charge in [-0.2, -0.15) is 0 Å². The molecule has 1 aliphatic rings. The lowest BCUT2D eigenvalue weighted by Gasteiger charge is -2.26. The number of amides is 1. The molecule has 0 atom stereocenters. The number of carbonyl (C=O) groups is 1. The standard InChI is InChI=1S/C18H21N3O2S/c19-17(7-6-14-4-2-1-3-5-14)20-23-13-18(22)21-10-8-16-15(12-21)9-11-24-16/h1-5,9,11H,6-8,10,12-13H2,(H2,19,20). The number of aryl methyl sites for hydroxylation is 1. The first kappa shape index (κ1) is 16.5. The SMILES string of the molecule is N/C(CCc1ccccc1)=N\OCC(=O)N1CCc2sccc2C1. The summed E-state index contributed by atoms with van der Waals surface area (Å²) < 4.78 is 0. The van der Waals surface area contributed by atoms with Gasteiger partial charge in [0.1, 0.15) is 5.84 Å². The number of rotatable bonds is 6.